The summed E-state index contributed by atoms with van der Waals surface area (Å²) in [6, 6.07) is 3.87. The quantitative estimate of drug-likeness (QED) is 0.846. The Morgan fingerprint density at radius 2 is 2.21 bits per heavy atom. The standard InChI is InChI=1S/C12H15BrN4OS/c1-17(2)12-16-11(18-3)9(19-12)7-14-8-4-5-10(13)15-6-8/h4-6,14H,7H2,1-3H3. The van der Waals surface area contributed by atoms with Gasteiger partial charge in [-0.1, -0.05) is 11.3 Å². The van der Waals surface area contributed by atoms with Crippen LogP contribution in [0.1, 0.15) is 4.88 Å². The topological polar surface area (TPSA) is 50.3 Å². The second-order valence-electron chi connectivity index (χ2n) is 4.05. The molecule has 2 aromatic rings. The average Bonchev–Trinajstić information content (AvgIpc) is 2.81. The maximum Gasteiger partial charge on any atom is 0.231 e. The Bertz CT molecular complexity index is 541. The number of methoxy groups -OCH3 is 1. The molecule has 0 radical (unpaired) electrons. The Balaban J connectivity index is 2.08. The number of pyridine rings is 1. The molecule has 0 bridgehead atoms. The molecule has 5 nitrogen and oxygen atoms in total. The van der Waals surface area contributed by atoms with Gasteiger partial charge in [-0.25, -0.2) is 4.98 Å². The van der Waals surface area contributed by atoms with Crippen molar-refractivity contribution < 1.29 is 4.74 Å². The van der Waals surface area contributed by atoms with Gasteiger partial charge >= 0.3 is 0 Å². The molecule has 0 saturated carbocycles. The number of nitrogens with one attached hydrogen (secondary N) is 1. The summed E-state index contributed by atoms with van der Waals surface area (Å²) in [6.45, 7) is 0.665. The van der Waals surface area contributed by atoms with Gasteiger partial charge in [0.2, 0.25) is 5.88 Å². The number of hydrogen-bond donors (Lipinski definition) is 1. The first-order chi connectivity index (χ1) is 9.10. The highest BCUT2D eigenvalue weighted by Crippen LogP contribution is 2.30. The monoisotopic (exact) mass is 342 g/mol. The number of anilines is 2. The summed E-state index contributed by atoms with van der Waals surface area (Å²) < 4.78 is 6.12. The average molecular weight is 343 g/mol. The van der Waals surface area contributed by atoms with Crippen molar-refractivity contribution in [2.75, 3.05) is 31.4 Å². The molecule has 19 heavy (non-hydrogen) atoms. The van der Waals surface area contributed by atoms with Gasteiger partial charge in [0.1, 0.15) is 4.60 Å². The van der Waals surface area contributed by atoms with Crippen molar-refractivity contribution in [2.45, 2.75) is 6.54 Å². The highest BCUT2D eigenvalue weighted by atomic mass is 79.9. The predicted octanol–water partition coefficient (Wildman–Crippen LogP) is 2.99. The molecular weight excluding hydrogens is 328 g/mol. The second-order valence-corrected chi connectivity index (χ2v) is 5.92. The molecule has 0 aliphatic heterocycles. The Morgan fingerprint density at radius 1 is 1.42 bits per heavy atom. The fourth-order valence-corrected chi connectivity index (χ4v) is 2.58. The number of ether oxygens (including phenoxy) is 1. The second kappa shape index (κ2) is 6.21. The lowest BCUT2D eigenvalue weighted by atomic mass is 10.4. The maximum atomic E-state index is 5.29. The fraction of sp³-hybridized carbons (Fsp3) is 0.333. The number of halogens is 1. The van der Waals surface area contributed by atoms with Gasteiger partial charge in [0, 0.05) is 14.1 Å². The Morgan fingerprint density at radius 3 is 2.79 bits per heavy atom. The highest BCUT2D eigenvalue weighted by molar-refractivity contribution is 9.10. The molecule has 0 atom stereocenters. The molecule has 2 aromatic heterocycles. The van der Waals surface area contributed by atoms with Crippen LogP contribution in [0, 0.1) is 0 Å². The smallest absolute Gasteiger partial charge is 0.231 e. The number of thiazole rings is 1. The largest absolute Gasteiger partial charge is 0.480 e. The van der Waals surface area contributed by atoms with Gasteiger partial charge in [0.15, 0.2) is 5.13 Å². The molecule has 0 amide bonds. The van der Waals surface area contributed by atoms with Gasteiger partial charge in [0.25, 0.3) is 0 Å². The highest BCUT2D eigenvalue weighted by Gasteiger charge is 2.12. The zero-order valence-electron chi connectivity index (χ0n) is 11.0. The van der Waals surface area contributed by atoms with Crippen LogP contribution < -0.4 is 15.0 Å². The van der Waals surface area contributed by atoms with E-state index in [1.54, 1.807) is 24.6 Å². The van der Waals surface area contributed by atoms with Crippen LogP contribution in [0.15, 0.2) is 22.9 Å². The lowest BCUT2D eigenvalue weighted by Crippen LogP contribution is -2.07. The van der Waals surface area contributed by atoms with E-state index in [0.29, 0.717) is 12.4 Å². The van der Waals surface area contributed by atoms with Crippen LogP contribution in [0.4, 0.5) is 10.8 Å². The van der Waals surface area contributed by atoms with E-state index >= 15 is 0 Å². The van der Waals surface area contributed by atoms with Crippen molar-refractivity contribution in [2.24, 2.45) is 0 Å². The number of hydrogen-bond acceptors (Lipinski definition) is 6. The minimum atomic E-state index is 0.665. The summed E-state index contributed by atoms with van der Waals surface area (Å²) >= 11 is 4.92. The Labute approximate surface area is 124 Å². The molecule has 0 aromatic carbocycles. The molecular formula is C12H15BrN4OS. The first kappa shape index (κ1) is 14.1. The van der Waals surface area contributed by atoms with E-state index in [4.69, 9.17) is 4.74 Å². The zero-order chi connectivity index (χ0) is 13.8. The van der Waals surface area contributed by atoms with E-state index in [0.717, 1.165) is 20.3 Å². The maximum absolute atomic E-state index is 5.29. The number of aromatic nitrogens is 2. The fourth-order valence-electron chi connectivity index (χ4n) is 1.45. The molecule has 2 heterocycles. The van der Waals surface area contributed by atoms with E-state index in [-0.39, 0.29) is 0 Å². The van der Waals surface area contributed by atoms with Crippen LogP contribution in [-0.2, 0) is 6.54 Å². The molecule has 0 aliphatic rings. The number of rotatable bonds is 5. The van der Waals surface area contributed by atoms with Crippen molar-refractivity contribution in [1.82, 2.24) is 9.97 Å². The van der Waals surface area contributed by atoms with Gasteiger partial charge in [-0.15, -0.1) is 0 Å². The molecule has 0 saturated heterocycles. The van der Waals surface area contributed by atoms with Crippen LogP contribution >= 0.6 is 27.3 Å². The van der Waals surface area contributed by atoms with E-state index in [1.165, 1.54) is 0 Å². The predicted molar refractivity (Wildman–Crippen MR) is 82.3 cm³/mol. The van der Waals surface area contributed by atoms with Crippen LogP contribution in [0.2, 0.25) is 0 Å². The number of nitrogens with zero attached hydrogens (tertiary/aromatic N) is 3. The minimum Gasteiger partial charge on any atom is -0.480 e. The van der Waals surface area contributed by atoms with Crippen LogP contribution in [0.5, 0.6) is 5.88 Å². The van der Waals surface area contributed by atoms with Crippen molar-refractivity contribution in [3.05, 3.63) is 27.8 Å². The molecule has 0 fully saturated rings. The summed E-state index contributed by atoms with van der Waals surface area (Å²) in [4.78, 5) is 11.6. The van der Waals surface area contributed by atoms with Crippen molar-refractivity contribution >= 4 is 38.1 Å². The van der Waals surface area contributed by atoms with Crippen molar-refractivity contribution in [3.8, 4) is 5.88 Å². The molecule has 0 unspecified atom stereocenters. The van der Waals surface area contributed by atoms with Crippen LogP contribution in [0.3, 0.4) is 0 Å². The SMILES string of the molecule is COc1nc(N(C)C)sc1CNc1ccc(Br)nc1. The summed E-state index contributed by atoms with van der Waals surface area (Å²) in [5.41, 5.74) is 0.963. The minimum absolute atomic E-state index is 0.665. The van der Waals surface area contributed by atoms with E-state index in [1.807, 2.05) is 31.1 Å². The molecule has 0 aliphatic carbocycles. The summed E-state index contributed by atoms with van der Waals surface area (Å²) in [7, 11) is 5.57. The van der Waals surface area contributed by atoms with Crippen molar-refractivity contribution in [1.29, 1.82) is 0 Å². The molecule has 102 valence electrons. The lowest BCUT2D eigenvalue weighted by molar-refractivity contribution is 0.397. The van der Waals surface area contributed by atoms with Crippen molar-refractivity contribution in [3.63, 3.8) is 0 Å². The summed E-state index contributed by atoms with van der Waals surface area (Å²) in [5.74, 6) is 0.672. The molecule has 0 spiro atoms. The Kier molecular flexibility index (Phi) is 4.60. The lowest BCUT2D eigenvalue weighted by Gasteiger charge is -2.05. The molecule has 2 rings (SSSR count). The van der Waals surface area contributed by atoms with E-state index in [2.05, 4.69) is 31.2 Å². The molecule has 1 N–H and O–H groups in total. The van der Waals surface area contributed by atoms with E-state index in [9.17, 15) is 0 Å². The summed E-state index contributed by atoms with van der Waals surface area (Å²) in [6.07, 6.45) is 1.78. The van der Waals surface area contributed by atoms with Gasteiger partial charge in [0.05, 0.1) is 30.4 Å². The van der Waals surface area contributed by atoms with Crippen LogP contribution in [0.25, 0.3) is 0 Å². The van der Waals surface area contributed by atoms with E-state index < -0.39 is 0 Å². The van der Waals surface area contributed by atoms with Gasteiger partial charge < -0.3 is 15.0 Å². The summed E-state index contributed by atoms with van der Waals surface area (Å²) in [5, 5.41) is 4.24. The third-order valence-electron chi connectivity index (χ3n) is 2.41. The van der Waals surface area contributed by atoms with Gasteiger partial charge in [-0.05, 0) is 28.1 Å². The third kappa shape index (κ3) is 3.57. The first-order valence-corrected chi connectivity index (χ1v) is 7.27. The first-order valence-electron chi connectivity index (χ1n) is 5.66. The Hall–Kier alpha value is -1.34. The van der Waals surface area contributed by atoms with Crippen LogP contribution in [-0.4, -0.2) is 31.2 Å². The third-order valence-corrected chi connectivity index (χ3v) is 4.08. The normalized spacial score (nSPS) is 10.3. The molecule has 7 heteroatoms. The van der Waals surface area contributed by atoms with Gasteiger partial charge in [-0.3, -0.25) is 0 Å². The zero-order valence-corrected chi connectivity index (χ0v) is 13.4. The van der Waals surface area contributed by atoms with Gasteiger partial charge in [-0.2, -0.15) is 4.98 Å².